The lowest BCUT2D eigenvalue weighted by Gasteiger charge is -1.96. The maximum atomic E-state index is 10.4. The Bertz CT molecular complexity index is 279. The smallest absolute Gasteiger partial charge is 0.123 e. The van der Waals surface area contributed by atoms with Crippen molar-refractivity contribution in [3.05, 3.63) is 18.0 Å². The average molecular weight is 150 g/mol. The lowest BCUT2D eigenvalue weighted by molar-refractivity contribution is -0.108. The normalized spacial score (nSPS) is 28.5. The van der Waals surface area contributed by atoms with Crippen molar-refractivity contribution in [3.8, 4) is 0 Å². The van der Waals surface area contributed by atoms with Crippen LogP contribution in [0.15, 0.2) is 12.3 Å². The number of rotatable bonds is 2. The zero-order valence-corrected chi connectivity index (χ0v) is 6.40. The molecule has 0 amide bonds. The van der Waals surface area contributed by atoms with Gasteiger partial charge in [0.25, 0.3) is 0 Å². The highest BCUT2D eigenvalue weighted by molar-refractivity contribution is 5.60. The van der Waals surface area contributed by atoms with E-state index in [-0.39, 0.29) is 5.92 Å². The highest BCUT2D eigenvalue weighted by Gasteiger charge is 2.39. The molecule has 3 heteroatoms. The van der Waals surface area contributed by atoms with Gasteiger partial charge in [0.1, 0.15) is 6.29 Å². The fourth-order valence-electron chi connectivity index (χ4n) is 1.45. The van der Waals surface area contributed by atoms with Crippen molar-refractivity contribution in [2.75, 3.05) is 0 Å². The van der Waals surface area contributed by atoms with Gasteiger partial charge in [0, 0.05) is 30.8 Å². The lowest BCUT2D eigenvalue weighted by atomic mass is 10.2. The highest BCUT2D eigenvalue weighted by Crippen LogP contribution is 2.45. The van der Waals surface area contributed by atoms with E-state index in [0.29, 0.717) is 5.92 Å². The van der Waals surface area contributed by atoms with Gasteiger partial charge in [0.15, 0.2) is 0 Å². The predicted octanol–water partition coefficient (Wildman–Crippen LogP) is 0.723. The summed E-state index contributed by atoms with van der Waals surface area (Å²) in [6, 6.07) is 1.98. The molecular weight excluding hydrogens is 140 g/mol. The van der Waals surface area contributed by atoms with E-state index in [2.05, 4.69) is 5.10 Å². The van der Waals surface area contributed by atoms with Crippen LogP contribution in [-0.2, 0) is 11.8 Å². The summed E-state index contributed by atoms with van der Waals surface area (Å²) in [4.78, 5) is 10.4. The van der Waals surface area contributed by atoms with E-state index in [1.807, 2.05) is 17.8 Å². The summed E-state index contributed by atoms with van der Waals surface area (Å²) in [7, 11) is 1.91. The molecule has 0 bridgehead atoms. The Morgan fingerprint density at radius 1 is 1.82 bits per heavy atom. The van der Waals surface area contributed by atoms with Crippen LogP contribution in [0.2, 0.25) is 0 Å². The second-order valence-electron chi connectivity index (χ2n) is 3.02. The van der Waals surface area contributed by atoms with E-state index in [4.69, 9.17) is 0 Å². The molecule has 0 radical (unpaired) electrons. The van der Waals surface area contributed by atoms with Crippen LogP contribution in [0.4, 0.5) is 0 Å². The van der Waals surface area contributed by atoms with Crippen molar-refractivity contribution in [3.63, 3.8) is 0 Å². The monoisotopic (exact) mass is 150 g/mol. The van der Waals surface area contributed by atoms with E-state index < -0.39 is 0 Å². The van der Waals surface area contributed by atoms with Crippen LogP contribution in [0, 0.1) is 5.92 Å². The Morgan fingerprint density at radius 2 is 2.64 bits per heavy atom. The SMILES string of the molecule is Cn1nccc1C1CC1C=O. The van der Waals surface area contributed by atoms with Crippen LogP contribution < -0.4 is 0 Å². The van der Waals surface area contributed by atoms with Crippen LogP contribution in [0.25, 0.3) is 0 Å². The molecule has 2 unspecified atom stereocenters. The number of aryl methyl sites for hydroxylation is 1. The number of carbonyl (C=O) groups is 1. The number of aromatic nitrogens is 2. The predicted molar refractivity (Wildman–Crippen MR) is 40.1 cm³/mol. The molecule has 1 heterocycles. The maximum absolute atomic E-state index is 10.4. The number of carbonyl (C=O) groups excluding carboxylic acids is 1. The number of hydrogen-bond acceptors (Lipinski definition) is 2. The Hall–Kier alpha value is -1.12. The third-order valence-electron chi connectivity index (χ3n) is 2.25. The van der Waals surface area contributed by atoms with Gasteiger partial charge in [-0.05, 0) is 12.5 Å². The fourth-order valence-corrected chi connectivity index (χ4v) is 1.45. The van der Waals surface area contributed by atoms with Gasteiger partial charge in [-0.2, -0.15) is 5.10 Å². The topological polar surface area (TPSA) is 34.9 Å². The van der Waals surface area contributed by atoms with Gasteiger partial charge in [-0.15, -0.1) is 0 Å². The van der Waals surface area contributed by atoms with E-state index in [1.54, 1.807) is 6.20 Å². The molecule has 58 valence electrons. The van der Waals surface area contributed by atoms with Gasteiger partial charge in [0.2, 0.25) is 0 Å². The third kappa shape index (κ3) is 0.964. The summed E-state index contributed by atoms with van der Waals surface area (Å²) in [5.74, 6) is 0.699. The molecule has 0 saturated heterocycles. The molecule has 0 aromatic carbocycles. The van der Waals surface area contributed by atoms with Gasteiger partial charge >= 0.3 is 0 Å². The Kier molecular flexibility index (Phi) is 1.31. The Morgan fingerprint density at radius 3 is 3.09 bits per heavy atom. The minimum Gasteiger partial charge on any atom is -0.303 e. The molecular formula is C8H10N2O. The second-order valence-corrected chi connectivity index (χ2v) is 3.02. The minimum atomic E-state index is 0.255. The van der Waals surface area contributed by atoms with Crippen molar-refractivity contribution in [1.82, 2.24) is 9.78 Å². The summed E-state index contributed by atoms with van der Waals surface area (Å²) >= 11 is 0. The standard InChI is InChI=1S/C8H10N2O/c1-10-8(2-3-9-10)7-4-6(7)5-11/h2-3,5-7H,4H2,1H3. The average Bonchev–Trinajstić information content (AvgIpc) is 2.68. The first kappa shape index (κ1) is 6.58. The molecule has 1 fully saturated rings. The zero-order valence-electron chi connectivity index (χ0n) is 6.40. The molecule has 2 atom stereocenters. The molecule has 0 spiro atoms. The van der Waals surface area contributed by atoms with Gasteiger partial charge in [0.05, 0.1) is 0 Å². The van der Waals surface area contributed by atoms with Gasteiger partial charge < -0.3 is 4.79 Å². The first-order valence-corrected chi connectivity index (χ1v) is 3.76. The molecule has 1 aliphatic rings. The summed E-state index contributed by atoms with van der Waals surface area (Å²) in [6.45, 7) is 0. The summed E-state index contributed by atoms with van der Waals surface area (Å²) in [5, 5.41) is 4.05. The van der Waals surface area contributed by atoms with E-state index >= 15 is 0 Å². The molecule has 3 nitrogen and oxygen atoms in total. The number of nitrogens with zero attached hydrogens (tertiary/aromatic N) is 2. The molecule has 0 N–H and O–H groups in total. The highest BCUT2D eigenvalue weighted by atomic mass is 16.1. The minimum absolute atomic E-state index is 0.255. The van der Waals surface area contributed by atoms with E-state index in [9.17, 15) is 4.79 Å². The lowest BCUT2D eigenvalue weighted by Crippen LogP contribution is -1.97. The fraction of sp³-hybridized carbons (Fsp3) is 0.500. The van der Waals surface area contributed by atoms with Crippen LogP contribution in [0.5, 0.6) is 0 Å². The molecule has 11 heavy (non-hydrogen) atoms. The molecule has 0 aliphatic heterocycles. The van der Waals surface area contributed by atoms with Crippen molar-refractivity contribution in [2.24, 2.45) is 13.0 Å². The van der Waals surface area contributed by atoms with Gasteiger partial charge in [-0.25, -0.2) is 0 Å². The summed E-state index contributed by atoms with van der Waals surface area (Å²) in [5.41, 5.74) is 1.18. The van der Waals surface area contributed by atoms with E-state index in [0.717, 1.165) is 12.7 Å². The molecule has 2 rings (SSSR count). The Balaban J connectivity index is 2.19. The first-order valence-electron chi connectivity index (χ1n) is 3.76. The summed E-state index contributed by atoms with van der Waals surface area (Å²) < 4.78 is 1.84. The van der Waals surface area contributed by atoms with Gasteiger partial charge in [-0.1, -0.05) is 0 Å². The Labute approximate surface area is 65.0 Å². The van der Waals surface area contributed by atoms with Crippen molar-refractivity contribution in [1.29, 1.82) is 0 Å². The molecule has 1 aliphatic carbocycles. The van der Waals surface area contributed by atoms with Crippen molar-refractivity contribution >= 4 is 6.29 Å². The maximum Gasteiger partial charge on any atom is 0.123 e. The van der Waals surface area contributed by atoms with Crippen LogP contribution in [0.3, 0.4) is 0 Å². The van der Waals surface area contributed by atoms with Gasteiger partial charge in [-0.3, -0.25) is 4.68 Å². The second kappa shape index (κ2) is 2.19. The molecule has 1 aromatic heterocycles. The van der Waals surface area contributed by atoms with Crippen LogP contribution >= 0.6 is 0 Å². The van der Waals surface area contributed by atoms with E-state index in [1.165, 1.54) is 5.69 Å². The summed E-state index contributed by atoms with van der Waals surface area (Å²) in [6.07, 6.45) is 3.82. The third-order valence-corrected chi connectivity index (χ3v) is 2.25. The number of aldehydes is 1. The molecule has 1 saturated carbocycles. The van der Waals surface area contributed by atoms with Crippen LogP contribution in [-0.4, -0.2) is 16.1 Å². The largest absolute Gasteiger partial charge is 0.303 e. The van der Waals surface area contributed by atoms with Crippen molar-refractivity contribution < 1.29 is 4.79 Å². The number of hydrogen-bond donors (Lipinski definition) is 0. The van der Waals surface area contributed by atoms with Crippen LogP contribution in [0.1, 0.15) is 18.0 Å². The molecule has 1 aromatic rings. The zero-order chi connectivity index (χ0) is 7.84. The first-order chi connectivity index (χ1) is 5.33. The quantitative estimate of drug-likeness (QED) is 0.582. The van der Waals surface area contributed by atoms with Crippen molar-refractivity contribution in [2.45, 2.75) is 12.3 Å².